The topological polar surface area (TPSA) is 79.4 Å². The van der Waals surface area contributed by atoms with Crippen LogP contribution in [0.5, 0.6) is 0 Å². The summed E-state index contributed by atoms with van der Waals surface area (Å²) in [7, 11) is -3.18. The van der Waals surface area contributed by atoms with E-state index in [9.17, 15) is 17.6 Å². The van der Waals surface area contributed by atoms with Crippen molar-refractivity contribution in [3.05, 3.63) is 41.2 Å². The molecule has 6 nitrogen and oxygen atoms in total. The number of likely N-dealkylation sites (tertiary alicyclic amines) is 1. The van der Waals surface area contributed by atoms with Crippen molar-refractivity contribution in [1.29, 1.82) is 0 Å². The number of amides is 1. The van der Waals surface area contributed by atoms with Gasteiger partial charge in [0.05, 0.1) is 17.5 Å². The SMILES string of the molecule is O=C(NC1CS(=O)(=O)CC1N1CCCC1)c1csc(-c2ccccc2F)n1. The van der Waals surface area contributed by atoms with Gasteiger partial charge < -0.3 is 5.32 Å². The fourth-order valence-corrected chi connectivity index (χ4v) is 6.56. The summed E-state index contributed by atoms with van der Waals surface area (Å²) in [5, 5.41) is 4.85. The van der Waals surface area contributed by atoms with E-state index in [1.165, 1.54) is 17.4 Å². The van der Waals surface area contributed by atoms with Crippen molar-refractivity contribution in [3.63, 3.8) is 0 Å². The second-order valence-corrected chi connectivity index (χ2v) is 10.00. The molecule has 3 heterocycles. The zero-order valence-electron chi connectivity index (χ0n) is 14.6. The molecular formula is C18H20FN3O3S2. The van der Waals surface area contributed by atoms with Crippen molar-refractivity contribution in [3.8, 4) is 10.6 Å². The van der Waals surface area contributed by atoms with Crippen molar-refractivity contribution >= 4 is 27.1 Å². The number of carbonyl (C=O) groups is 1. The first kappa shape index (κ1) is 18.5. The Morgan fingerprint density at radius 2 is 1.96 bits per heavy atom. The summed E-state index contributed by atoms with van der Waals surface area (Å²) in [6.07, 6.45) is 2.10. The Hall–Kier alpha value is -1.84. The van der Waals surface area contributed by atoms with Crippen LogP contribution in [0.2, 0.25) is 0 Å². The summed E-state index contributed by atoms with van der Waals surface area (Å²) >= 11 is 1.19. The van der Waals surface area contributed by atoms with Gasteiger partial charge in [-0.1, -0.05) is 12.1 Å². The standard InChI is InChI=1S/C18H20FN3O3S2/c19-13-6-2-1-5-12(13)18-21-14(9-26-18)17(23)20-15-10-27(24,25)11-16(15)22-7-3-4-8-22/h1-2,5-6,9,15-16H,3-4,7-8,10-11H2,(H,20,23). The lowest BCUT2D eigenvalue weighted by Crippen LogP contribution is -2.50. The molecule has 2 aliphatic rings. The molecule has 0 bridgehead atoms. The molecule has 2 aliphatic heterocycles. The minimum Gasteiger partial charge on any atom is -0.345 e. The van der Waals surface area contributed by atoms with Crippen molar-refractivity contribution < 1.29 is 17.6 Å². The maximum Gasteiger partial charge on any atom is 0.271 e. The van der Waals surface area contributed by atoms with Gasteiger partial charge in [-0.15, -0.1) is 11.3 Å². The molecule has 1 aromatic carbocycles. The van der Waals surface area contributed by atoms with E-state index < -0.39 is 27.6 Å². The van der Waals surface area contributed by atoms with E-state index in [4.69, 9.17) is 0 Å². The molecule has 1 N–H and O–H groups in total. The van der Waals surface area contributed by atoms with Crippen LogP contribution in [0.3, 0.4) is 0 Å². The Balaban J connectivity index is 1.51. The third-order valence-corrected chi connectivity index (χ3v) is 7.68. The van der Waals surface area contributed by atoms with E-state index in [0.717, 1.165) is 25.9 Å². The zero-order chi connectivity index (χ0) is 19.0. The highest BCUT2D eigenvalue weighted by Crippen LogP contribution is 2.27. The van der Waals surface area contributed by atoms with Crippen LogP contribution in [0.25, 0.3) is 10.6 Å². The lowest BCUT2D eigenvalue weighted by Gasteiger charge is -2.28. The van der Waals surface area contributed by atoms with Crippen LogP contribution in [0.1, 0.15) is 23.3 Å². The van der Waals surface area contributed by atoms with Crippen LogP contribution in [0.15, 0.2) is 29.6 Å². The van der Waals surface area contributed by atoms with Gasteiger partial charge >= 0.3 is 0 Å². The third-order valence-electron chi connectivity index (χ3n) is 5.09. The van der Waals surface area contributed by atoms with Gasteiger partial charge in [0.25, 0.3) is 5.91 Å². The second kappa shape index (κ2) is 7.29. The van der Waals surface area contributed by atoms with Gasteiger partial charge in [-0.3, -0.25) is 9.69 Å². The van der Waals surface area contributed by atoms with Gasteiger partial charge in [-0.2, -0.15) is 0 Å². The first-order valence-electron chi connectivity index (χ1n) is 8.89. The van der Waals surface area contributed by atoms with E-state index in [2.05, 4.69) is 15.2 Å². The Morgan fingerprint density at radius 3 is 2.70 bits per heavy atom. The number of aromatic nitrogens is 1. The normalized spacial score (nSPS) is 24.9. The summed E-state index contributed by atoms with van der Waals surface area (Å²) in [5.74, 6) is -0.783. The number of nitrogens with one attached hydrogen (secondary N) is 1. The number of hydrogen-bond donors (Lipinski definition) is 1. The summed E-state index contributed by atoms with van der Waals surface area (Å²) < 4.78 is 38.2. The molecule has 1 amide bonds. The first-order chi connectivity index (χ1) is 12.9. The fourth-order valence-electron chi connectivity index (χ4n) is 3.78. The largest absolute Gasteiger partial charge is 0.345 e. The Kier molecular flexibility index (Phi) is 5.00. The van der Waals surface area contributed by atoms with E-state index in [1.54, 1.807) is 23.6 Å². The minimum atomic E-state index is -3.18. The Labute approximate surface area is 161 Å². The van der Waals surface area contributed by atoms with Crippen molar-refractivity contribution in [1.82, 2.24) is 15.2 Å². The average molecular weight is 410 g/mol. The van der Waals surface area contributed by atoms with Crippen LogP contribution < -0.4 is 5.32 Å². The average Bonchev–Trinajstić information content (AvgIpc) is 3.35. The molecule has 2 unspecified atom stereocenters. The number of carbonyl (C=O) groups excluding carboxylic acids is 1. The summed E-state index contributed by atoms with van der Waals surface area (Å²) in [6, 6.07) is 5.64. The molecule has 4 rings (SSSR count). The van der Waals surface area contributed by atoms with Crippen LogP contribution >= 0.6 is 11.3 Å². The monoisotopic (exact) mass is 409 g/mol. The molecule has 2 atom stereocenters. The smallest absolute Gasteiger partial charge is 0.271 e. The molecule has 2 saturated heterocycles. The maximum atomic E-state index is 13.9. The van der Waals surface area contributed by atoms with Crippen molar-refractivity contribution in [2.24, 2.45) is 0 Å². The molecule has 1 aromatic heterocycles. The number of sulfone groups is 1. The molecule has 0 radical (unpaired) electrons. The Morgan fingerprint density at radius 1 is 1.22 bits per heavy atom. The molecular weight excluding hydrogens is 389 g/mol. The highest BCUT2D eigenvalue weighted by atomic mass is 32.2. The van der Waals surface area contributed by atoms with Crippen LogP contribution in [0.4, 0.5) is 4.39 Å². The number of benzene rings is 1. The number of halogens is 1. The summed E-state index contributed by atoms with van der Waals surface area (Å²) in [6.45, 7) is 1.72. The molecule has 2 fully saturated rings. The van der Waals surface area contributed by atoms with E-state index in [-0.39, 0.29) is 23.2 Å². The van der Waals surface area contributed by atoms with Gasteiger partial charge in [-0.05, 0) is 38.1 Å². The predicted molar refractivity (Wildman–Crippen MR) is 102 cm³/mol. The summed E-state index contributed by atoms with van der Waals surface area (Å²) in [5.41, 5.74) is 0.530. The fraction of sp³-hybridized carbons (Fsp3) is 0.444. The Bertz CT molecular complexity index is 954. The van der Waals surface area contributed by atoms with Gasteiger partial charge in [0, 0.05) is 17.0 Å². The number of thiazole rings is 1. The minimum absolute atomic E-state index is 0.0514. The quantitative estimate of drug-likeness (QED) is 0.835. The van der Waals surface area contributed by atoms with E-state index in [1.807, 2.05) is 0 Å². The molecule has 9 heteroatoms. The van der Waals surface area contributed by atoms with Crippen LogP contribution in [0, 0.1) is 5.82 Å². The predicted octanol–water partition coefficient (Wildman–Crippen LogP) is 1.94. The highest BCUT2D eigenvalue weighted by molar-refractivity contribution is 7.91. The first-order valence-corrected chi connectivity index (χ1v) is 11.6. The van der Waals surface area contributed by atoms with Crippen LogP contribution in [-0.2, 0) is 9.84 Å². The molecule has 0 aliphatic carbocycles. The molecule has 2 aromatic rings. The number of nitrogens with zero attached hydrogens (tertiary/aromatic N) is 2. The zero-order valence-corrected chi connectivity index (χ0v) is 16.2. The van der Waals surface area contributed by atoms with Gasteiger partial charge in [0.2, 0.25) is 0 Å². The molecule has 0 spiro atoms. The van der Waals surface area contributed by atoms with Gasteiger partial charge in [-0.25, -0.2) is 17.8 Å². The lowest BCUT2D eigenvalue weighted by atomic mass is 10.1. The maximum absolute atomic E-state index is 13.9. The van der Waals surface area contributed by atoms with Gasteiger partial charge in [0.15, 0.2) is 9.84 Å². The summed E-state index contributed by atoms with van der Waals surface area (Å²) in [4.78, 5) is 19.0. The van der Waals surface area contributed by atoms with Gasteiger partial charge in [0.1, 0.15) is 16.5 Å². The lowest BCUT2D eigenvalue weighted by molar-refractivity contribution is 0.0914. The van der Waals surface area contributed by atoms with E-state index >= 15 is 0 Å². The van der Waals surface area contributed by atoms with Crippen LogP contribution in [-0.4, -0.2) is 60.9 Å². The van der Waals surface area contributed by atoms with Crippen molar-refractivity contribution in [2.45, 2.75) is 24.9 Å². The molecule has 144 valence electrons. The third kappa shape index (κ3) is 3.90. The molecule has 0 saturated carbocycles. The highest BCUT2D eigenvalue weighted by Gasteiger charge is 2.42. The number of hydrogen-bond acceptors (Lipinski definition) is 6. The van der Waals surface area contributed by atoms with Crippen molar-refractivity contribution in [2.75, 3.05) is 24.6 Å². The molecule has 27 heavy (non-hydrogen) atoms. The number of rotatable bonds is 4. The van der Waals surface area contributed by atoms with E-state index in [0.29, 0.717) is 10.6 Å². The second-order valence-electron chi connectivity index (χ2n) is 6.99.